The van der Waals surface area contributed by atoms with E-state index < -0.39 is 0 Å². The second kappa shape index (κ2) is 5.73. The molecule has 1 spiro atoms. The average Bonchev–Trinajstić information content (AvgIpc) is 2.45. The van der Waals surface area contributed by atoms with E-state index in [1.165, 1.54) is 70.9 Å². The highest BCUT2D eigenvalue weighted by Crippen LogP contribution is 2.53. The molecule has 0 aromatic rings. The van der Waals surface area contributed by atoms with Crippen molar-refractivity contribution >= 4 is 0 Å². The Morgan fingerprint density at radius 2 is 1.68 bits per heavy atom. The second-order valence-corrected chi connectivity index (χ2v) is 7.38. The second-order valence-electron chi connectivity index (χ2n) is 7.38. The SMILES string of the molecule is CCC1CC2(CCN(C3CCC(OC)CC3)CC2)C1. The van der Waals surface area contributed by atoms with Gasteiger partial charge in [0.05, 0.1) is 6.10 Å². The Morgan fingerprint density at radius 3 is 2.21 bits per heavy atom. The van der Waals surface area contributed by atoms with E-state index in [0.29, 0.717) is 6.10 Å². The normalized spacial score (nSPS) is 36.3. The van der Waals surface area contributed by atoms with Gasteiger partial charge in [0.1, 0.15) is 0 Å². The van der Waals surface area contributed by atoms with Crippen LogP contribution in [-0.4, -0.2) is 37.2 Å². The summed E-state index contributed by atoms with van der Waals surface area (Å²) in [5.74, 6) is 1.06. The lowest BCUT2D eigenvalue weighted by Crippen LogP contribution is -2.50. The maximum Gasteiger partial charge on any atom is 0.0572 e. The van der Waals surface area contributed by atoms with Crippen molar-refractivity contribution in [2.45, 2.75) is 76.9 Å². The largest absolute Gasteiger partial charge is 0.381 e. The molecule has 0 bridgehead atoms. The molecule has 0 atom stereocenters. The number of rotatable bonds is 3. The summed E-state index contributed by atoms with van der Waals surface area (Å²) in [6.07, 6.45) is 13.3. The fourth-order valence-corrected chi connectivity index (χ4v) is 4.87. The number of hydrogen-bond donors (Lipinski definition) is 0. The molecule has 0 aromatic carbocycles. The van der Waals surface area contributed by atoms with E-state index in [4.69, 9.17) is 4.74 Å². The van der Waals surface area contributed by atoms with Gasteiger partial charge in [0.2, 0.25) is 0 Å². The Balaban J connectivity index is 1.44. The van der Waals surface area contributed by atoms with Crippen LogP contribution in [-0.2, 0) is 4.74 Å². The molecule has 2 nitrogen and oxygen atoms in total. The minimum Gasteiger partial charge on any atom is -0.381 e. The fourth-order valence-electron chi connectivity index (χ4n) is 4.87. The van der Waals surface area contributed by atoms with Crippen molar-refractivity contribution < 1.29 is 4.74 Å². The highest BCUT2D eigenvalue weighted by atomic mass is 16.5. The molecule has 3 aliphatic rings. The summed E-state index contributed by atoms with van der Waals surface area (Å²) in [5, 5.41) is 0. The number of methoxy groups -OCH3 is 1. The lowest BCUT2D eigenvalue weighted by Gasteiger charge is -2.54. The van der Waals surface area contributed by atoms with Crippen LogP contribution in [0.2, 0.25) is 0 Å². The maximum absolute atomic E-state index is 5.49. The van der Waals surface area contributed by atoms with Gasteiger partial charge in [-0.15, -0.1) is 0 Å². The monoisotopic (exact) mass is 265 g/mol. The van der Waals surface area contributed by atoms with Gasteiger partial charge in [-0.05, 0) is 75.8 Å². The molecular formula is C17H31NO. The van der Waals surface area contributed by atoms with Gasteiger partial charge in [-0.3, -0.25) is 0 Å². The molecule has 19 heavy (non-hydrogen) atoms. The zero-order chi connectivity index (χ0) is 13.3. The van der Waals surface area contributed by atoms with Gasteiger partial charge in [-0.25, -0.2) is 0 Å². The van der Waals surface area contributed by atoms with Gasteiger partial charge in [-0.1, -0.05) is 13.3 Å². The van der Waals surface area contributed by atoms with E-state index in [-0.39, 0.29) is 0 Å². The Kier molecular flexibility index (Phi) is 4.19. The van der Waals surface area contributed by atoms with Crippen molar-refractivity contribution in [2.24, 2.45) is 11.3 Å². The molecular weight excluding hydrogens is 234 g/mol. The zero-order valence-corrected chi connectivity index (χ0v) is 12.9. The van der Waals surface area contributed by atoms with Crippen LogP contribution in [0.5, 0.6) is 0 Å². The van der Waals surface area contributed by atoms with E-state index >= 15 is 0 Å². The summed E-state index contributed by atoms with van der Waals surface area (Å²) in [6, 6.07) is 0.866. The maximum atomic E-state index is 5.49. The summed E-state index contributed by atoms with van der Waals surface area (Å²) in [7, 11) is 1.87. The molecule has 110 valence electrons. The number of piperidine rings is 1. The first-order chi connectivity index (χ1) is 9.24. The van der Waals surface area contributed by atoms with Crippen molar-refractivity contribution in [3.63, 3.8) is 0 Å². The summed E-state index contributed by atoms with van der Waals surface area (Å²) in [4.78, 5) is 2.80. The van der Waals surface area contributed by atoms with E-state index in [1.807, 2.05) is 7.11 Å². The molecule has 1 aliphatic heterocycles. The summed E-state index contributed by atoms with van der Waals surface area (Å²) < 4.78 is 5.49. The summed E-state index contributed by atoms with van der Waals surface area (Å²) in [6.45, 7) is 5.11. The number of hydrogen-bond acceptors (Lipinski definition) is 2. The third-order valence-corrected chi connectivity index (χ3v) is 6.37. The van der Waals surface area contributed by atoms with Gasteiger partial charge in [0.15, 0.2) is 0 Å². The molecule has 2 aliphatic carbocycles. The molecule has 0 aromatic heterocycles. The lowest BCUT2D eigenvalue weighted by atomic mass is 9.57. The fraction of sp³-hybridized carbons (Fsp3) is 1.00. The molecule has 0 amide bonds. The van der Waals surface area contributed by atoms with Crippen LogP contribution < -0.4 is 0 Å². The van der Waals surface area contributed by atoms with Crippen LogP contribution in [0.15, 0.2) is 0 Å². The molecule has 1 heterocycles. The van der Waals surface area contributed by atoms with E-state index in [2.05, 4.69) is 11.8 Å². The Morgan fingerprint density at radius 1 is 1.05 bits per heavy atom. The van der Waals surface area contributed by atoms with Crippen LogP contribution in [0, 0.1) is 11.3 Å². The van der Waals surface area contributed by atoms with Crippen molar-refractivity contribution in [1.29, 1.82) is 0 Å². The quantitative estimate of drug-likeness (QED) is 0.768. The highest BCUT2D eigenvalue weighted by Gasteiger charge is 2.45. The first-order valence-electron chi connectivity index (χ1n) is 8.51. The predicted molar refractivity (Wildman–Crippen MR) is 79.3 cm³/mol. The standard InChI is InChI=1S/C17H31NO/c1-3-14-12-17(13-14)8-10-18(11-9-17)15-4-6-16(19-2)7-5-15/h14-16H,3-13H2,1-2H3. The van der Waals surface area contributed by atoms with Crippen LogP contribution in [0.4, 0.5) is 0 Å². The first kappa shape index (κ1) is 13.9. The predicted octanol–water partition coefficient (Wildman–Crippen LogP) is 3.85. The van der Waals surface area contributed by atoms with Crippen molar-refractivity contribution in [2.75, 3.05) is 20.2 Å². The molecule has 1 saturated heterocycles. The average molecular weight is 265 g/mol. The van der Waals surface area contributed by atoms with E-state index in [9.17, 15) is 0 Å². The van der Waals surface area contributed by atoms with Gasteiger partial charge in [0.25, 0.3) is 0 Å². The number of likely N-dealkylation sites (tertiary alicyclic amines) is 1. The third-order valence-electron chi connectivity index (χ3n) is 6.37. The van der Waals surface area contributed by atoms with Crippen molar-refractivity contribution in [3.8, 4) is 0 Å². The van der Waals surface area contributed by atoms with Crippen LogP contribution in [0.3, 0.4) is 0 Å². The molecule has 0 unspecified atom stereocenters. The topological polar surface area (TPSA) is 12.5 Å². The summed E-state index contributed by atoms with van der Waals surface area (Å²) >= 11 is 0. The Bertz CT molecular complexity index is 280. The van der Waals surface area contributed by atoms with Gasteiger partial charge in [-0.2, -0.15) is 0 Å². The van der Waals surface area contributed by atoms with Gasteiger partial charge >= 0.3 is 0 Å². The zero-order valence-electron chi connectivity index (χ0n) is 12.9. The number of ether oxygens (including phenoxy) is 1. The molecule has 0 N–H and O–H groups in total. The molecule has 3 rings (SSSR count). The van der Waals surface area contributed by atoms with Gasteiger partial charge in [0, 0.05) is 13.2 Å². The Hall–Kier alpha value is -0.0800. The molecule has 0 radical (unpaired) electrons. The molecule has 2 saturated carbocycles. The number of nitrogens with zero attached hydrogens (tertiary/aromatic N) is 1. The van der Waals surface area contributed by atoms with Gasteiger partial charge < -0.3 is 9.64 Å². The van der Waals surface area contributed by atoms with Crippen LogP contribution >= 0.6 is 0 Å². The Labute approximate surface area is 118 Å². The van der Waals surface area contributed by atoms with Crippen molar-refractivity contribution in [1.82, 2.24) is 4.90 Å². The van der Waals surface area contributed by atoms with E-state index in [0.717, 1.165) is 17.4 Å². The summed E-state index contributed by atoms with van der Waals surface area (Å²) in [5.41, 5.74) is 0.779. The molecule has 2 heteroatoms. The first-order valence-corrected chi connectivity index (χ1v) is 8.51. The lowest BCUT2D eigenvalue weighted by molar-refractivity contribution is -0.0371. The van der Waals surface area contributed by atoms with Crippen LogP contribution in [0.1, 0.15) is 64.7 Å². The molecule has 3 fully saturated rings. The van der Waals surface area contributed by atoms with Crippen molar-refractivity contribution in [3.05, 3.63) is 0 Å². The highest BCUT2D eigenvalue weighted by molar-refractivity contribution is 4.97. The third kappa shape index (κ3) is 2.85. The minimum absolute atomic E-state index is 0.546. The van der Waals surface area contributed by atoms with Crippen LogP contribution in [0.25, 0.3) is 0 Å². The smallest absolute Gasteiger partial charge is 0.0572 e. The minimum atomic E-state index is 0.546. The van der Waals surface area contributed by atoms with E-state index in [1.54, 1.807) is 0 Å².